The van der Waals surface area contributed by atoms with Gasteiger partial charge < -0.3 is 0 Å². The van der Waals surface area contributed by atoms with Gasteiger partial charge in [0.2, 0.25) is 0 Å². The Balaban J connectivity index is 3.22. The maximum atomic E-state index is 13.0. The molecule has 0 saturated heterocycles. The summed E-state index contributed by atoms with van der Waals surface area (Å²) in [5, 5.41) is 9.73. The Morgan fingerprint density at radius 3 is 2.36 bits per heavy atom. The lowest BCUT2D eigenvalue weighted by molar-refractivity contribution is 0.0964. The zero-order valence-electron chi connectivity index (χ0n) is 6.64. The van der Waals surface area contributed by atoms with Crippen LogP contribution < -0.4 is 5.32 Å². The molecule has 0 aliphatic heterocycles. The van der Waals surface area contributed by atoms with Gasteiger partial charge in [-0.2, -0.15) is 5.26 Å². The van der Waals surface area contributed by atoms with Crippen LogP contribution in [0.5, 0.6) is 0 Å². The van der Waals surface area contributed by atoms with Crippen LogP contribution in [0.2, 0.25) is 0 Å². The number of benzene rings is 1. The highest BCUT2D eigenvalue weighted by Gasteiger charge is 2.17. The van der Waals surface area contributed by atoms with E-state index in [-0.39, 0.29) is 4.47 Å². The van der Waals surface area contributed by atoms with Gasteiger partial charge in [0.15, 0.2) is 6.19 Å². The fourth-order valence-electron chi connectivity index (χ4n) is 0.872. The van der Waals surface area contributed by atoms with Crippen molar-refractivity contribution in [1.82, 2.24) is 5.32 Å². The predicted octanol–water partition coefficient (Wildman–Crippen LogP) is 1.94. The van der Waals surface area contributed by atoms with Crippen LogP contribution in [0.1, 0.15) is 10.4 Å². The largest absolute Gasteiger partial charge is 0.270 e. The number of nitrogens with one attached hydrogen (secondary N) is 1. The molecule has 0 aliphatic carbocycles. The number of hydrogen-bond acceptors (Lipinski definition) is 2. The molecule has 0 aliphatic rings. The number of carbonyl (C=O) groups excluding carboxylic acids is 1. The lowest BCUT2D eigenvalue weighted by Gasteiger charge is -2.02. The van der Waals surface area contributed by atoms with Crippen LogP contribution in [0, 0.1) is 23.1 Å². The van der Waals surface area contributed by atoms with Gasteiger partial charge in [0, 0.05) is 4.47 Å². The third-order valence-electron chi connectivity index (χ3n) is 1.40. The average molecular weight is 261 g/mol. The Morgan fingerprint density at radius 1 is 1.43 bits per heavy atom. The van der Waals surface area contributed by atoms with Crippen LogP contribution in [0.25, 0.3) is 0 Å². The van der Waals surface area contributed by atoms with Gasteiger partial charge >= 0.3 is 0 Å². The highest BCUT2D eigenvalue weighted by atomic mass is 79.9. The van der Waals surface area contributed by atoms with E-state index in [4.69, 9.17) is 5.26 Å². The Hall–Kier alpha value is -1.48. The summed E-state index contributed by atoms with van der Waals surface area (Å²) in [4.78, 5) is 11.0. The van der Waals surface area contributed by atoms with E-state index < -0.39 is 23.1 Å². The molecule has 0 unspecified atom stereocenters. The summed E-state index contributed by atoms with van der Waals surface area (Å²) in [6.07, 6.45) is 1.29. The molecule has 3 nitrogen and oxygen atoms in total. The van der Waals surface area contributed by atoms with Crippen LogP contribution in [-0.4, -0.2) is 5.91 Å². The molecular weight excluding hydrogens is 258 g/mol. The minimum Gasteiger partial charge on any atom is -0.268 e. The van der Waals surface area contributed by atoms with E-state index in [0.29, 0.717) is 0 Å². The van der Waals surface area contributed by atoms with Gasteiger partial charge in [-0.1, -0.05) is 15.9 Å². The molecule has 1 aromatic rings. The Bertz CT molecular complexity index is 405. The van der Waals surface area contributed by atoms with Crippen LogP contribution in [0.3, 0.4) is 0 Å². The number of nitrogens with zero attached hydrogens (tertiary/aromatic N) is 1. The Kier molecular flexibility index (Phi) is 3.14. The molecule has 0 bridgehead atoms. The zero-order chi connectivity index (χ0) is 10.7. The van der Waals surface area contributed by atoms with Gasteiger partial charge in [-0.25, -0.2) is 8.78 Å². The molecule has 0 saturated carbocycles. The molecule has 1 aromatic carbocycles. The summed E-state index contributed by atoms with van der Waals surface area (Å²) in [6.45, 7) is 0. The number of hydrogen-bond donors (Lipinski definition) is 1. The van der Waals surface area contributed by atoms with Crippen molar-refractivity contribution in [3.8, 4) is 6.19 Å². The van der Waals surface area contributed by atoms with E-state index in [0.717, 1.165) is 12.1 Å². The minimum atomic E-state index is -1.10. The number of amides is 1. The lowest BCUT2D eigenvalue weighted by Crippen LogP contribution is -2.20. The summed E-state index contributed by atoms with van der Waals surface area (Å²) in [6, 6.07) is 1.88. The zero-order valence-corrected chi connectivity index (χ0v) is 8.23. The quantitative estimate of drug-likeness (QED) is 0.620. The maximum absolute atomic E-state index is 13.0. The predicted molar refractivity (Wildman–Crippen MR) is 47.1 cm³/mol. The SMILES string of the molecule is N#CNC(=O)c1c(F)cc(Br)cc1F. The van der Waals surface area contributed by atoms with Crippen molar-refractivity contribution in [2.45, 2.75) is 0 Å². The van der Waals surface area contributed by atoms with Gasteiger partial charge in [0.1, 0.15) is 17.2 Å². The Morgan fingerprint density at radius 2 is 1.93 bits per heavy atom. The van der Waals surface area contributed by atoms with Crippen LogP contribution >= 0.6 is 15.9 Å². The summed E-state index contributed by atoms with van der Waals surface area (Å²) in [5.74, 6) is -3.15. The fourth-order valence-corrected chi connectivity index (χ4v) is 1.27. The molecule has 1 rings (SSSR count). The van der Waals surface area contributed by atoms with E-state index in [2.05, 4.69) is 15.9 Å². The third kappa shape index (κ3) is 2.06. The van der Waals surface area contributed by atoms with Crippen molar-refractivity contribution in [3.63, 3.8) is 0 Å². The molecule has 1 N–H and O–H groups in total. The fraction of sp³-hybridized carbons (Fsp3) is 0. The van der Waals surface area contributed by atoms with E-state index in [1.165, 1.54) is 6.19 Å². The number of rotatable bonds is 1. The summed E-state index contributed by atoms with van der Waals surface area (Å²) >= 11 is 2.86. The van der Waals surface area contributed by atoms with Gasteiger partial charge in [0.05, 0.1) is 0 Å². The normalized spacial score (nSPS) is 9.29. The van der Waals surface area contributed by atoms with Crippen molar-refractivity contribution < 1.29 is 13.6 Å². The highest BCUT2D eigenvalue weighted by Crippen LogP contribution is 2.19. The first-order valence-corrected chi connectivity index (χ1v) is 4.19. The second kappa shape index (κ2) is 4.15. The van der Waals surface area contributed by atoms with Crippen molar-refractivity contribution in [2.75, 3.05) is 0 Å². The minimum absolute atomic E-state index is 0.181. The highest BCUT2D eigenvalue weighted by molar-refractivity contribution is 9.10. The molecule has 0 fully saturated rings. The van der Waals surface area contributed by atoms with Crippen molar-refractivity contribution in [1.29, 1.82) is 5.26 Å². The topological polar surface area (TPSA) is 52.9 Å². The second-order valence-corrected chi connectivity index (χ2v) is 3.23. The van der Waals surface area contributed by atoms with Gasteiger partial charge in [-0.3, -0.25) is 10.1 Å². The number of nitriles is 1. The van der Waals surface area contributed by atoms with Gasteiger partial charge in [-0.05, 0) is 12.1 Å². The molecular formula is C8H3BrF2N2O. The van der Waals surface area contributed by atoms with Gasteiger partial charge in [0.25, 0.3) is 5.91 Å². The molecule has 0 heterocycles. The van der Waals surface area contributed by atoms with Gasteiger partial charge in [-0.15, -0.1) is 0 Å². The summed E-state index contributed by atoms with van der Waals surface area (Å²) < 4.78 is 26.3. The smallest absolute Gasteiger partial charge is 0.268 e. The molecule has 6 heteroatoms. The lowest BCUT2D eigenvalue weighted by atomic mass is 10.2. The molecule has 0 atom stereocenters. The molecule has 0 radical (unpaired) electrons. The standard InChI is InChI=1S/C8H3BrF2N2O/c9-4-1-5(10)7(6(11)2-4)8(14)13-3-12/h1-2H,(H,13,14). The van der Waals surface area contributed by atoms with Crippen LogP contribution in [0.4, 0.5) is 8.78 Å². The van der Waals surface area contributed by atoms with E-state index in [1.807, 2.05) is 0 Å². The monoisotopic (exact) mass is 260 g/mol. The second-order valence-electron chi connectivity index (χ2n) is 2.31. The van der Waals surface area contributed by atoms with Crippen LogP contribution in [0.15, 0.2) is 16.6 Å². The van der Waals surface area contributed by atoms with Crippen LogP contribution in [-0.2, 0) is 0 Å². The van der Waals surface area contributed by atoms with E-state index in [1.54, 1.807) is 5.32 Å². The molecule has 0 spiro atoms. The molecule has 1 amide bonds. The number of carbonyl (C=O) groups is 1. The van der Waals surface area contributed by atoms with E-state index >= 15 is 0 Å². The van der Waals surface area contributed by atoms with Crippen molar-refractivity contribution >= 4 is 21.8 Å². The first-order chi connectivity index (χ1) is 6.56. The molecule has 72 valence electrons. The van der Waals surface area contributed by atoms with Crippen molar-refractivity contribution in [3.05, 3.63) is 33.8 Å². The maximum Gasteiger partial charge on any atom is 0.270 e. The first kappa shape index (κ1) is 10.6. The summed E-state index contributed by atoms with van der Waals surface area (Å²) in [7, 11) is 0. The molecule has 14 heavy (non-hydrogen) atoms. The third-order valence-corrected chi connectivity index (χ3v) is 1.86. The summed E-state index contributed by atoms with van der Waals surface area (Å²) in [5.41, 5.74) is -0.769. The van der Waals surface area contributed by atoms with E-state index in [9.17, 15) is 13.6 Å². The average Bonchev–Trinajstić information content (AvgIpc) is 2.01. The number of halogens is 3. The molecule has 0 aromatic heterocycles. The van der Waals surface area contributed by atoms with Crippen molar-refractivity contribution in [2.24, 2.45) is 0 Å². The Labute approximate surface area is 86.5 Å². The first-order valence-electron chi connectivity index (χ1n) is 3.40.